The van der Waals surface area contributed by atoms with Gasteiger partial charge in [-0.05, 0) is 25.5 Å². The molecule has 1 fully saturated rings. The molecule has 2 aromatic rings. The monoisotopic (exact) mass is 276 g/mol. The van der Waals surface area contributed by atoms with E-state index >= 15 is 0 Å². The SMILES string of the molecule is CCOc1cc(C(=O)O)cc2c1ncn2CC1CCO1. The van der Waals surface area contributed by atoms with E-state index < -0.39 is 5.97 Å². The van der Waals surface area contributed by atoms with Crippen molar-refractivity contribution in [3.63, 3.8) is 0 Å². The number of hydrogen-bond donors (Lipinski definition) is 1. The van der Waals surface area contributed by atoms with Gasteiger partial charge in [0.1, 0.15) is 11.3 Å². The maximum Gasteiger partial charge on any atom is 0.335 e. The van der Waals surface area contributed by atoms with Gasteiger partial charge in [-0.25, -0.2) is 9.78 Å². The maximum absolute atomic E-state index is 11.2. The third kappa shape index (κ3) is 2.22. The van der Waals surface area contributed by atoms with Gasteiger partial charge in [-0.3, -0.25) is 0 Å². The fourth-order valence-corrected chi connectivity index (χ4v) is 2.31. The molecule has 1 unspecified atom stereocenters. The minimum atomic E-state index is -0.972. The van der Waals surface area contributed by atoms with Gasteiger partial charge in [0.2, 0.25) is 0 Å². The zero-order valence-electron chi connectivity index (χ0n) is 11.2. The molecule has 3 rings (SSSR count). The van der Waals surface area contributed by atoms with E-state index in [0.29, 0.717) is 24.4 Å². The molecule has 1 aromatic heterocycles. The van der Waals surface area contributed by atoms with Crippen molar-refractivity contribution in [3.05, 3.63) is 24.0 Å². The number of hydrogen-bond acceptors (Lipinski definition) is 4. The summed E-state index contributed by atoms with van der Waals surface area (Å²) in [5.74, 6) is -0.462. The molecule has 20 heavy (non-hydrogen) atoms. The summed E-state index contributed by atoms with van der Waals surface area (Å²) in [7, 11) is 0. The Kier molecular flexibility index (Phi) is 3.31. The summed E-state index contributed by atoms with van der Waals surface area (Å²) in [4.78, 5) is 15.6. The molecule has 0 saturated carbocycles. The second kappa shape index (κ2) is 5.13. The van der Waals surface area contributed by atoms with Gasteiger partial charge in [-0.2, -0.15) is 0 Å². The van der Waals surface area contributed by atoms with Crippen LogP contribution in [0.25, 0.3) is 11.0 Å². The van der Waals surface area contributed by atoms with Gasteiger partial charge in [0.05, 0.1) is 36.7 Å². The summed E-state index contributed by atoms with van der Waals surface area (Å²) < 4.78 is 12.8. The van der Waals surface area contributed by atoms with Gasteiger partial charge in [0, 0.05) is 6.61 Å². The fraction of sp³-hybridized carbons (Fsp3) is 0.429. The zero-order chi connectivity index (χ0) is 14.1. The van der Waals surface area contributed by atoms with Crippen molar-refractivity contribution in [2.45, 2.75) is 26.0 Å². The van der Waals surface area contributed by atoms with Crippen LogP contribution >= 0.6 is 0 Å². The van der Waals surface area contributed by atoms with Crippen molar-refractivity contribution in [3.8, 4) is 5.75 Å². The van der Waals surface area contributed by atoms with Gasteiger partial charge in [-0.1, -0.05) is 0 Å². The first kappa shape index (κ1) is 12.9. The number of rotatable bonds is 5. The third-order valence-electron chi connectivity index (χ3n) is 3.43. The Balaban J connectivity index is 2.06. The summed E-state index contributed by atoms with van der Waals surface area (Å²) in [6, 6.07) is 3.15. The smallest absolute Gasteiger partial charge is 0.335 e. The van der Waals surface area contributed by atoms with E-state index in [9.17, 15) is 9.90 Å². The minimum Gasteiger partial charge on any atom is -0.492 e. The number of aromatic carboxylic acids is 1. The molecule has 106 valence electrons. The number of carbonyl (C=O) groups is 1. The Morgan fingerprint density at radius 3 is 3.00 bits per heavy atom. The van der Waals surface area contributed by atoms with Crippen molar-refractivity contribution in [1.82, 2.24) is 9.55 Å². The van der Waals surface area contributed by atoms with Crippen LogP contribution in [-0.2, 0) is 11.3 Å². The van der Waals surface area contributed by atoms with Gasteiger partial charge < -0.3 is 19.1 Å². The van der Waals surface area contributed by atoms with Gasteiger partial charge in [0.15, 0.2) is 0 Å². The van der Waals surface area contributed by atoms with E-state index in [1.165, 1.54) is 6.07 Å². The Bertz CT molecular complexity index is 646. The first-order valence-electron chi connectivity index (χ1n) is 6.65. The predicted octanol–water partition coefficient (Wildman–Crippen LogP) is 1.92. The normalized spacial score (nSPS) is 17.9. The van der Waals surface area contributed by atoms with E-state index in [2.05, 4.69) is 4.98 Å². The number of imidazole rings is 1. The Hall–Kier alpha value is -2.08. The number of nitrogens with zero attached hydrogens (tertiary/aromatic N) is 2. The number of benzene rings is 1. The summed E-state index contributed by atoms with van der Waals surface area (Å²) in [5.41, 5.74) is 1.66. The lowest BCUT2D eigenvalue weighted by molar-refractivity contribution is -0.0586. The van der Waals surface area contributed by atoms with Gasteiger partial charge in [-0.15, -0.1) is 0 Å². The van der Waals surface area contributed by atoms with Crippen LogP contribution in [-0.4, -0.2) is 39.9 Å². The molecular formula is C14H16N2O4. The van der Waals surface area contributed by atoms with Crippen LogP contribution in [0.2, 0.25) is 0 Å². The highest BCUT2D eigenvalue weighted by molar-refractivity contribution is 5.95. The average molecular weight is 276 g/mol. The van der Waals surface area contributed by atoms with Crippen molar-refractivity contribution in [2.24, 2.45) is 0 Å². The molecule has 2 heterocycles. The fourth-order valence-electron chi connectivity index (χ4n) is 2.31. The summed E-state index contributed by atoms with van der Waals surface area (Å²) in [6.45, 7) is 3.81. The Labute approximate surface area is 115 Å². The molecule has 0 amide bonds. The lowest BCUT2D eigenvalue weighted by atomic mass is 10.1. The molecule has 1 saturated heterocycles. The molecule has 0 radical (unpaired) electrons. The molecule has 1 N–H and O–H groups in total. The van der Waals surface area contributed by atoms with E-state index in [1.54, 1.807) is 12.4 Å². The van der Waals surface area contributed by atoms with E-state index in [4.69, 9.17) is 9.47 Å². The largest absolute Gasteiger partial charge is 0.492 e. The topological polar surface area (TPSA) is 73.6 Å². The highest BCUT2D eigenvalue weighted by atomic mass is 16.5. The van der Waals surface area contributed by atoms with E-state index in [0.717, 1.165) is 18.5 Å². The zero-order valence-corrected chi connectivity index (χ0v) is 11.2. The summed E-state index contributed by atoms with van der Waals surface area (Å²) >= 11 is 0. The van der Waals surface area contributed by atoms with Crippen LogP contribution in [0.3, 0.4) is 0 Å². The standard InChI is InChI=1S/C14H16N2O4/c1-2-19-12-6-9(14(17)18)5-11-13(12)15-8-16(11)7-10-3-4-20-10/h5-6,8,10H,2-4,7H2,1H3,(H,17,18). The van der Waals surface area contributed by atoms with Crippen LogP contribution in [0.1, 0.15) is 23.7 Å². The Morgan fingerprint density at radius 2 is 2.40 bits per heavy atom. The molecule has 1 atom stereocenters. The van der Waals surface area contributed by atoms with Crippen molar-refractivity contribution in [2.75, 3.05) is 13.2 Å². The number of carboxylic acids is 1. The van der Waals surface area contributed by atoms with Crippen LogP contribution in [0.4, 0.5) is 0 Å². The molecule has 0 aliphatic carbocycles. The minimum absolute atomic E-state index is 0.191. The molecule has 0 bridgehead atoms. The van der Waals surface area contributed by atoms with Gasteiger partial charge in [0.25, 0.3) is 0 Å². The van der Waals surface area contributed by atoms with Crippen molar-refractivity contribution in [1.29, 1.82) is 0 Å². The van der Waals surface area contributed by atoms with Gasteiger partial charge >= 0.3 is 5.97 Å². The third-order valence-corrected chi connectivity index (χ3v) is 3.43. The first-order chi connectivity index (χ1) is 9.69. The molecule has 1 aliphatic heterocycles. The highest BCUT2D eigenvalue weighted by Gasteiger charge is 2.21. The molecule has 6 heteroatoms. The molecule has 1 aromatic carbocycles. The van der Waals surface area contributed by atoms with E-state index in [-0.39, 0.29) is 11.7 Å². The Morgan fingerprint density at radius 1 is 1.60 bits per heavy atom. The lowest BCUT2D eigenvalue weighted by Gasteiger charge is -2.26. The second-order valence-corrected chi connectivity index (χ2v) is 4.76. The number of ether oxygens (including phenoxy) is 2. The molecule has 0 spiro atoms. The molecule has 6 nitrogen and oxygen atoms in total. The maximum atomic E-state index is 11.2. The van der Waals surface area contributed by atoms with Crippen LogP contribution < -0.4 is 4.74 Å². The number of aromatic nitrogens is 2. The number of fused-ring (bicyclic) bond motifs is 1. The summed E-state index contributed by atoms with van der Waals surface area (Å²) in [5, 5.41) is 9.19. The lowest BCUT2D eigenvalue weighted by Crippen LogP contribution is -2.30. The van der Waals surface area contributed by atoms with Crippen LogP contribution in [0.15, 0.2) is 18.5 Å². The first-order valence-corrected chi connectivity index (χ1v) is 6.65. The quantitative estimate of drug-likeness (QED) is 0.903. The molecule has 1 aliphatic rings. The molecular weight excluding hydrogens is 260 g/mol. The average Bonchev–Trinajstić information content (AvgIpc) is 2.77. The van der Waals surface area contributed by atoms with Crippen LogP contribution in [0.5, 0.6) is 5.75 Å². The summed E-state index contributed by atoms with van der Waals surface area (Å²) in [6.07, 6.45) is 2.92. The second-order valence-electron chi connectivity index (χ2n) is 4.76. The van der Waals surface area contributed by atoms with Crippen LogP contribution in [0, 0.1) is 0 Å². The number of carboxylic acid groups (broad SMARTS) is 1. The predicted molar refractivity (Wildman–Crippen MR) is 72.2 cm³/mol. The van der Waals surface area contributed by atoms with Crippen molar-refractivity contribution < 1.29 is 19.4 Å². The van der Waals surface area contributed by atoms with E-state index in [1.807, 2.05) is 11.5 Å². The van der Waals surface area contributed by atoms with Crippen molar-refractivity contribution >= 4 is 17.0 Å². The highest BCUT2D eigenvalue weighted by Crippen LogP contribution is 2.28.